The van der Waals surface area contributed by atoms with Gasteiger partial charge in [0.05, 0.1) is 11.4 Å². The molecule has 0 radical (unpaired) electrons. The second-order valence-corrected chi connectivity index (χ2v) is 6.92. The van der Waals surface area contributed by atoms with Gasteiger partial charge in [-0.2, -0.15) is 0 Å². The predicted molar refractivity (Wildman–Crippen MR) is 104 cm³/mol. The van der Waals surface area contributed by atoms with Gasteiger partial charge >= 0.3 is 0 Å². The summed E-state index contributed by atoms with van der Waals surface area (Å²) in [6, 6.07) is 14.2. The van der Waals surface area contributed by atoms with Crippen LogP contribution in [0.15, 0.2) is 60.0 Å². The number of nitrogens with zero attached hydrogens (tertiary/aromatic N) is 3. The molecule has 0 bridgehead atoms. The number of halogens is 1. The average molecular weight is 402 g/mol. The lowest BCUT2D eigenvalue weighted by Gasteiger charge is -2.09. The maximum atomic E-state index is 12.0. The number of benzene rings is 2. The van der Waals surface area contributed by atoms with Crippen LogP contribution in [-0.2, 0) is 4.79 Å². The molecule has 2 amide bonds. The molecule has 1 aromatic heterocycles. The third kappa shape index (κ3) is 4.87. The molecular formula is C18H16ClN5O2S. The summed E-state index contributed by atoms with van der Waals surface area (Å²) in [6.07, 6.45) is 1.55. The largest absolute Gasteiger partial charge is 0.277 e. The minimum absolute atomic E-state index is 0.0629. The molecule has 3 rings (SSSR count). The first-order chi connectivity index (χ1) is 13.0. The number of nitrogens with one attached hydrogen (secondary N) is 2. The monoisotopic (exact) mass is 401 g/mol. The predicted octanol–water partition coefficient (Wildman–Crippen LogP) is 2.78. The Hall–Kier alpha value is -2.84. The molecule has 0 saturated heterocycles. The quantitative estimate of drug-likeness (QED) is 0.507. The third-order valence-electron chi connectivity index (χ3n) is 3.63. The highest BCUT2D eigenvalue weighted by Gasteiger charge is 2.12. The van der Waals surface area contributed by atoms with Gasteiger partial charge in [0.2, 0.25) is 5.91 Å². The zero-order valence-corrected chi connectivity index (χ0v) is 15.9. The fraction of sp³-hybridized carbons (Fsp3) is 0.111. The standard InChI is InChI=1S/C18H16ClN5O2S/c1-12-7-8-14(9-15(12)19)24-11-20-23-18(24)27-10-16(25)21-22-17(26)13-5-3-2-4-6-13/h2-9,11H,10H2,1H3,(H,21,25)(H,22,26). The van der Waals surface area contributed by atoms with Gasteiger partial charge in [0, 0.05) is 10.6 Å². The molecule has 138 valence electrons. The lowest BCUT2D eigenvalue weighted by Crippen LogP contribution is -2.42. The van der Waals surface area contributed by atoms with Gasteiger partial charge in [-0.3, -0.25) is 25.0 Å². The van der Waals surface area contributed by atoms with Gasteiger partial charge in [-0.1, -0.05) is 47.6 Å². The van der Waals surface area contributed by atoms with Crippen molar-refractivity contribution >= 4 is 35.2 Å². The van der Waals surface area contributed by atoms with Crippen LogP contribution in [0.2, 0.25) is 5.02 Å². The fourth-order valence-corrected chi connectivity index (χ4v) is 3.09. The highest BCUT2D eigenvalue weighted by atomic mass is 35.5. The summed E-state index contributed by atoms with van der Waals surface area (Å²) < 4.78 is 1.74. The van der Waals surface area contributed by atoms with Crippen LogP contribution in [0, 0.1) is 6.92 Å². The number of aromatic nitrogens is 3. The van der Waals surface area contributed by atoms with Crippen molar-refractivity contribution in [1.29, 1.82) is 0 Å². The summed E-state index contributed by atoms with van der Waals surface area (Å²) in [5.74, 6) is -0.680. The molecule has 0 unspecified atom stereocenters. The molecule has 0 aliphatic carbocycles. The van der Waals surface area contributed by atoms with E-state index in [2.05, 4.69) is 21.0 Å². The zero-order chi connectivity index (χ0) is 19.2. The van der Waals surface area contributed by atoms with Gasteiger partial charge in [-0.25, -0.2) is 0 Å². The van der Waals surface area contributed by atoms with E-state index < -0.39 is 0 Å². The Labute approximate surface area is 165 Å². The van der Waals surface area contributed by atoms with E-state index in [-0.39, 0.29) is 17.6 Å². The fourth-order valence-electron chi connectivity index (χ4n) is 2.19. The molecule has 2 aromatic carbocycles. The second kappa shape index (κ2) is 8.70. The van der Waals surface area contributed by atoms with Gasteiger partial charge in [0.15, 0.2) is 5.16 Å². The number of hydrogen-bond donors (Lipinski definition) is 2. The van der Waals surface area contributed by atoms with Crippen LogP contribution in [0.4, 0.5) is 0 Å². The topological polar surface area (TPSA) is 88.9 Å². The van der Waals surface area contributed by atoms with Crippen LogP contribution in [0.5, 0.6) is 0 Å². The average Bonchev–Trinajstić information content (AvgIpc) is 3.16. The summed E-state index contributed by atoms with van der Waals surface area (Å²) in [5.41, 5.74) is 6.99. The lowest BCUT2D eigenvalue weighted by molar-refractivity contribution is -0.119. The zero-order valence-electron chi connectivity index (χ0n) is 14.3. The SMILES string of the molecule is Cc1ccc(-n2cnnc2SCC(=O)NNC(=O)c2ccccc2)cc1Cl. The van der Waals surface area contributed by atoms with E-state index in [9.17, 15) is 9.59 Å². The molecule has 9 heteroatoms. The Kier molecular flexibility index (Phi) is 6.10. The number of aryl methyl sites for hydroxylation is 1. The first-order valence-corrected chi connectivity index (χ1v) is 9.34. The number of carbonyl (C=O) groups is 2. The van der Waals surface area contributed by atoms with Crippen LogP contribution in [0.25, 0.3) is 5.69 Å². The third-order valence-corrected chi connectivity index (χ3v) is 4.98. The second-order valence-electron chi connectivity index (χ2n) is 5.57. The van der Waals surface area contributed by atoms with Crippen molar-refractivity contribution in [2.24, 2.45) is 0 Å². The van der Waals surface area contributed by atoms with Gasteiger partial charge in [0.1, 0.15) is 6.33 Å². The summed E-state index contributed by atoms with van der Waals surface area (Å²) >= 11 is 7.36. The lowest BCUT2D eigenvalue weighted by atomic mass is 10.2. The van der Waals surface area contributed by atoms with Crippen molar-refractivity contribution in [2.75, 3.05) is 5.75 Å². The summed E-state index contributed by atoms with van der Waals surface area (Å²) in [7, 11) is 0. The molecule has 3 aromatic rings. The molecule has 2 N–H and O–H groups in total. The van der Waals surface area contributed by atoms with Crippen molar-refractivity contribution in [3.63, 3.8) is 0 Å². The van der Waals surface area contributed by atoms with E-state index in [0.717, 1.165) is 11.3 Å². The highest BCUT2D eigenvalue weighted by molar-refractivity contribution is 7.99. The number of hydrogen-bond acceptors (Lipinski definition) is 5. The molecule has 0 aliphatic rings. The molecule has 0 saturated carbocycles. The number of hydrazine groups is 1. The first kappa shape index (κ1) is 18.9. The van der Waals surface area contributed by atoms with Crippen molar-refractivity contribution in [3.8, 4) is 5.69 Å². The first-order valence-electron chi connectivity index (χ1n) is 7.98. The molecule has 7 nitrogen and oxygen atoms in total. The maximum Gasteiger partial charge on any atom is 0.269 e. The molecular weight excluding hydrogens is 386 g/mol. The van der Waals surface area contributed by atoms with Crippen molar-refractivity contribution in [1.82, 2.24) is 25.6 Å². The number of carbonyl (C=O) groups excluding carboxylic acids is 2. The van der Waals surface area contributed by atoms with Gasteiger partial charge in [-0.15, -0.1) is 10.2 Å². The van der Waals surface area contributed by atoms with E-state index in [4.69, 9.17) is 11.6 Å². The van der Waals surface area contributed by atoms with Crippen molar-refractivity contribution < 1.29 is 9.59 Å². The minimum Gasteiger partial charge on any atom is -0.277 e. The van der Waals surface area contributed by atoms with E-state index in [0.29, 0.717) is 15.7 Å². The number of thioether (sulfide) groups is 1. The Morgan fingerprint density at radius 3 is 2.67 bits per heavy atom. The molecule has 1 heterocycles. The molecule has 0 atom stereocenters. The number of amides is 2. The van der Waals surface area contributed by atoms with Crippen LogP contribution in [0.1, 0.15) is 15.9 Å². The summed E-state index contributed by atoms with van der Waals surface area (Å²) in [6.45, 7) is 1.92. The van der Waals surface area contributed by atoms with Gasteiger partial charge in [0.25, 0.3) is 5.91 Å². The van der Waals surface area contributed by atoms with Crippen LogP contribution < -0.4 is 10.9 Å². The maximum absolute atomic E-state index is 12.0. The summed E-state index contributed by atoms with van der Waals surface area (Å²) in [5, 5.41) is 9.09. The van der Waals surface area contributed by atoms with Gasteiger partial charge in [-0.05, 0) is 36.8 Å². The molecule has 0 aliphatic heterocycles. The molecule has 27 heavy (non-hydrogen) atoms. The molecule has 0 spiro atoms. The Morgan fingerprint density at radius 2 is 1.93 bits per heavy atom. The minimum atomic E-state index is -0.383. The van der Waals surface area contributed by atoms with E-state index in [1.54, 1.807) is 35.2 Å². The Morgan fingerprint density at radius 1 is 1.15 bits per heavy atom. The van der Waals surface area contributed by atoms with E-state index >= 15 is 0 Å². The van der Waals surface area contributed by atoms with E-state index in [1.165, 1.54) is 11.8 Å². The van der Waals surface area contributed by atoms with Crippen LogP contribution >= 0.6 is 23.4 Å². The molecule has 0 fully saturated rings. The van der Waals surface area contributed by atoms with E-state index in [1.807, 2.05) is 31.2 Å². The Balaban J connectivity index is 1.56. The van der Waals surface area contributed by atoms with Crippen molar-refractivity contribution in [3.05, 3.63) is 71.0 Å². The normalized spacial score (nSPS) is 10.4. The number of rotatable bonds is 5. The smallest absolute Gasteiger partial charge is 0.269 e. The summed E-state index contributed by atoms with van der Waals surface area (Å²) in [4.78, 5) is 23.9. The van der Waals surface area contributed by atoms with Crippen molar-refractivity contribution in [2.45, 2.75) is 12.1 Å². The van der Waals surface area contributed by atoms with Crippen LogP contribution in [-0.4, -0.2) is 32.3 Å². The van der Waals surface area contributed by atoms with Crippen LogP contribution in [0.3, 0.4) is 0 Å². The van der Waals surface area contributed by atoms with Gasteiger partial charge < -0.3 is 0 Å². The Bertz CT molecular complexity index is 961. The highest BCUT2D eigenvalue weighted by Crippen LogP contribution is 2.23.